The van der Waals surface area contributed by atoms with Gasteiger partial charge in [-0.1, -0.05) is 18.2 Å². The van der Waals surface area contributed by atoms with Gasteiger partial charge >= 0.3 is 5.97 Å². The molecular weight excluding hydrogens is 278 g/mol. The Hall–Kier alpha value is -2.61. The molecule has 5 heteroatoms. The van der Waals surface area contributed by atoms with E-state index in [1.807, 2.05) is 31.2 Å². The Labute approximate surface area is 129 Å². The minimum atomic E-state index is -0.187. The van der Waals surface area contributed by atoms with Gasteiger partial charge < -0.3 is 10.1 Å². The summed E-state index contributed by atoms with van der Waals surface area (Å²) in [6.45, 7) is 4.20. The molecular formula is C17H19N3O2. The second-order valence-corrected chi connectivity index (χ2v) is 5.07. The summed E-state index contributed by atoms with van der Waals surface area (Å²) in [7, 11) is 0. The fourth-order valence-corrected chi connectivity index (χ4v) is 2.26. The molecule has 0 aliphatic rings. The predicted molar refractivity (Wildman–Crippen MR) is 85.4 cm³/mol. The van der Waals surface area contributed by atoms with Crippen molar-refractivity contribution < 1.29 is 9.53 Å². The molecule has 114 valence electrons. The maximum Gasteiger partial charge on any atom is 0.305 e. The van der Waals surface area contributed by atoms with E-state index in [0.29, 0.717) is 25.1 Å². The van der Waals surface area contributed by atoms with Crippen LogP contribution >= 0.6 is 0 Å². The average molecular weight is 297 g/mol. The number of hydrogen-bond donors (Lipinski definition) is 1. The lowest BCUT2D eigenvalue weighted by atomic mass is 10.1. The number of esters is 1. The number of para-hydroxylation sites is 1. The Morgan fingerprint density at radius 3 is 2.95 bits per heavy atom. The number of nitriles is 1. The molecule has 1 N–H and O–H groups in total. The molecule has 5 nitrogen and oxygen atoms in total. The molecule has 1 aromatic heterocycles. The van der Waals surface area contributed by atoms with E-state index in [0.717, 1.165) is 16.6 Å². The fourth-order valence-electron chi connectivity index (χ4n) is 2.26. The molecule has 1 aromatic carbocycles. The van der Waals surface area contributed by atoms with Crippen LogP contribution in [0.25, 0.3) is 10.9 Å². The van der Waals surface area contributed by atoms with Crippen molar-refractivity contribution in [1.29, 1.82) is 5.26 Å². The van der Waals surface area contributed by atoms with Crippen LogP contribution in [0.4, 0.5) is 5.69 Å². The first-order valence-electron chi connectivity index (χ1n) is 7.36. The van der Waals surface area contributed by atoms with Crippen LogP contribution in [-0.2, 0) is 9.53 Å². The maximum atomic E-state index is 11.4. The number of carbonyl (C=O) groups is 1. The number of nitrogens with one attached hydrogen (secondary N) is 1. The summed E-state index contributed by atoms with van der Waals surface area (Å²) < 4.78 is 4.93. The number of anilines is 1. The second-order valence-electron chi connectivity index (χ2n) is 5.07. The quantitative estimate of drug-likeness (QED) is 0.828. The van der Waals surface area contributed by atoms with Crippen LogP contribution in [0.15, 0.2) is 30.3 Å². The van der Waals surface area contributed by atoms with Crippen LogP contribution in [0.2, 0.25) is 0 Å². The molecule has 0 spiro atoms. The number of carbonyl (C=O) groups excluding carboxylic acids is 1. The summed E-state index contributed by atoms with van der Waals surface area (Å²) in [5.41, 5.74) is 2.01. The van der Waals surface area contributed by atoms with Crippen LogP contribution < -0.4 is 5.32 Å². The van der Waals surface area contributed by atoms with Crippen molar-refractivity contribution in [2.24, 2.45) is 0 Å². The fraction of sp³-hybridized carbons (Fsp3) is 0.353. The molecule has 0 radical (unpaired) electrons. The Balaban J connectivity index is 2.13. The third-order valence-corrected chi connectivity index (χ3v) is 3.32. The summed E-state index contributed by atoms with van der Waals surface area (Å²) in [6.07, 6.45) is 1.04. The normalized spacial score (nSPS) is 11.7. The van der Waals surface area contributed by atoms with E-state index < -0.39 is 0 Å². The first-order chi connectivity index (χ1) is 10.6. The van der Waals surface area contributed by atoms with Crippen molar-refractivity contribution in [2.45, 2.75) is 32.7 Å². The van der Waals surface area contributed by atoms with Gasteiger partial charge in [0, 0.05) is 23.5 Å². The molecule has 0 fully saturated rings. The topological polar surface area (TPSA) is 75.0 Å². The van der Waals surface area contributed by atoms with Crippen LogP contribution in [-0.4, -0.2) is 23.6 Å². The van der Waals surface area contributed by atoms with E-state index in [2.05, 4.69) is 16.4 Å². The van der Waals surface area contributed by atoms with Crippen LogP contribution in [0.1, 0.15) is 32.4 Å². The Morgan fingerprint density at radius 1 is 1.45 bits per heavy atom. The molecule has 2 aromatic rings. The lowest BCUT2D eigenvalue weighted by molar-refractivity contribution is -0.143. The van der Waals surface area contributed by atoms with Crippen molar-refractivity contribution in [3.63, 3.8) is 0 Å². The van der Waals surface area contributed by atoms with Gasteiger partial charge in [-0.3, -0.25) is 4.79 Å². The van der Waals surface area contributed by atoms with Gasteiger partial charge in [-0.25, -0.2) is 4.98 Å². The van der Waals surface area contributed by atoms with Crippen LogP contribution in [0, 0.1) is 11.3 Å². The van der Waals surface area contributed by atoms with Crippen molar-refractivity contribution in [1.82, 2.24) is 4.98 Å². The Bertz CT molecular complexity index is 707. The van der Waals surface area contributed by atoms with Gasteiger partial charge in [0.05, 0.1) is 12.1 Å². The number of fused-ring (bicyclic) bond motifs is 1. The molecule has 0 saturated heterocycles. The molecule has 1 unspecified atom stereocenters. The average Bonchev–Trinajstić information content (AvgIpc) is 2.53. The summed E-state index contributed by atoms with van der Waals surface area (Å²) in [5, 5.41) is 13.4. The third kappa shape index (κ3) is 3.95. The second kappa shape index (κ2) is 7.41. The number of aromatic nitrogens is 1. The number of nitrogens with zero attached hydrogens (tertiary/aromatic N) is 2. The van der Waals surface area contributed by atoms with Crippen molar-refractivity contribution in [3.05, 3.63) is 36.0 Å². The number of rotatable bonds is 6. The van der Waals surface area contributed by atoms with Gasteiger partial charge in [0.1, 0.15) is 11.8 Å². The van der Waals surface area contributed by atoms with Gasteiger partial charge in [0.2, 0.25) is 0 Å². The lowest BCUT2D eigenvalue weighted by Gasteiger charge is -2.16. The zero-order valence-corrected chi connectivity index (χ0v) is 12.8. The van der Waals surface area contributed by atoms with E-state index in [-0.39, 0.29) is 12.0 Å². The molecule has 0 aliphatic carbocycles. The zero-order valence-electron chi connectivity index (χ0n) is 12.8. The van der Waals surface area contributed by atoms with Crippen molar-refractivity contribution in [3.8, 4) is 6.07 Å². The zero-order chi connectivity index (χ0) is 15.9. The number of hydrogen-bond acceptors (Lipinski definition) is 5. The minimum absolute atomic E-state index is 0.0850. The number of benzene rings is 1. The van der Waals surface area contributed by atoms with Crippen molar-refractivity contribution >= 4 is 22.6 Å². The Kier molecular flexibility index (Phi) is 5.31. The summed E-state index contributed by atoms with van der Waals surface area (Å²) in [4.78, 5) is 15.7. The first-order valence-corrected chi connectivity index (χ1v) is 7.36. The monoisotopic (exact) mass is 297 g/mol. The maximum absolute atomic E-state index is 11.4. The largest absolute Gasteiger partial charge is 0.466 e. The minimum Gasteiger partial charge on any atom is -0.466 e. The van der Waals surface area contributed by atoms with E-state index in [1.54, 1.807) is 13.0 Å². The van der Waals surface area contributed by atoms with Crippen LogP contribution in [0.3, 0.4) is 0 Å². The van der Waals surface area contributed by atoms with Gasteiger partial charge in [0.25, 0.3) is 0 Å². The van der Waals surface area contributed by atoms with Crippen LogP contribution in [0.5, 0.6) is 0 Å². The number of ether oxygens (including phenoxy) is 1. The predicted octanol–water partition coefficient (Wildman–Crippen LogP) is 3.25. The highest BCUT2D eigenvalue weighted by Crippen LogP contribution is 2.24. The standard InChI is InChI=1S/C17H19N3O2/c1-3-22-17(21)9-8-12(2)19-16-10-13(11-18)20-15-7-5-4-6-14(15)16/h4-7,10,12H,3,8-9H2,1-2H3,(H,19,20). The SMILES string of the molecule is CCOC(=O)CCC(C)Nc1cc(C#N)nc2ccccc12. The molecule has 1 atom stereocenters. The van der Waals surface area contributed by atoms with E-state index >= 15 is 0 Å². The van der Waals surface area contributed by atoms with Crippen molar-refractivity contribution in [2.75, 3.05) is 11.9 Å². The number of pyridine rings is 1. The molecule has 0 amide bonds. The smallest absolute Gasteiger partial charge is 0.305 e. The highest BCUT2D eigenvalue weighted by atomic mass is 16.5. The summed E-state index contributed by atoms with van der Waals surface area (Å²) in [5.74, 6) is -0.187. The molecule has 0 saturated carbocycles. The molecule has 1 heterocycles. The van der Waals surface area contributed by atoms with Gasteiger partial charge in [-0.2, -0.15) is 5.26 Å². The first kappa shape index (κ1) is 15.8. The highest BCUT2D eigenvalue weighted by molar-refractivity contribution is 5.91. The molecule has 0 bridgehead atoms. The highest BCUT2D eigenvalue weighted by Gasteiger charge is 2.10. The molecule has 2 rings (SSSR count). The Morgan fingerprint density at radius 2 is 2.23 bits per heavy atom. The van der Waals surface area contributed by atoms with Gasteiger partial charge in [-0.15, -0.1) is 0 Å². The lowest BCUT2D eigenvalue weighted by Crippen LogP contribution is -2.18. The molecule has 0 aliphatic heterocycles. The van der Waals surface area contributed by atoms with Gasteiger partial charge in [-0.05, 0) is 32.4 Å². The molecule has 22 heavy (non-hydrogen) atoms. The van der Waals surface area contributed by atoms with E-state index in [4.69, 9.17) is 10.00 Å². The summed E-state index contributed by atoms with van der Waals surface area (Å²) in [6, 6.07) is 11.6. The van der Waals surface area contributed by atoms with E-state index in [1.165, 1.54) is 0 Å². The van der Waals surface area contributed by atoms with E-state index in [9.17, 15) is 4.79 Å². The third-order valence-electron chi connectivity index (χ3n) is 3.32. The van der Waals surface area contributed by atoms with Gasteiger partial charge in [0.15, 0.2) is 0 Å². The summed E-state index contributed by atoms with van der Waals surface area (Å²) >= 11 is 0.